The summed E-state index contributed by atoms with van der Waals surface area (Å²) in [5.41, 5.74) is 0. The van der Waals surface area contributed by atoms with Crippen LogP contribution in [0, 0.1) is 0 Å². The molecule has 0 radical (unpaired) electrons. The second kappa shape index (κ2) is 8.41. The van der Waals surface area contributed by atoms with Crippen molar-refractivity contribution in [2.24, 2.45) is 0 Å². The zero-order chi connectivity index (χ0) is 15.0. The van der Waals surface area contributed by atoms with Gasteiger partial charge < -0.3 is 14.5 Å². The minimum Gasteiger partial charge on any atom is -0.447 e. The number of ether oxygens (including phenoxy) is 1. The van der Waals surface area contributed by atoms with Crippen LogP contribution in [0.4, 0.5) is 0 Å². The van der Waals surface area contributed by atoms with Crippen LogP contribution >= 0.6 is 0 Å². The molecule has 0 spiro atoms. The lowest BCUT2D eigenvalue weighted by atomic mass is 10.3. The van der Waals surface area contributed by atoms with Crippen LogP contribution in [0.25, 0.3) is 0 Å². The SMILES string of the molecule is CNCc1ccc(S(=O)(=O)NCCCCOC(C)C)o1. The van der Waals surface area contributed by atoms with Crippen molar-refractivity contribution in [3.63, 3.8) is 0 Å². The molecule has 0 aromatic carbocycles. The van der Waals surface area contributed by atoms with Gasteiger partial charge in [-0.15, -0.1) is 0 Å². The fraction of sp³-hybridized carbons (Fsp3) is 0.692. The lowest BCUT2D eigenvalue weighted by Gasteiger charge is -2.07. The topological polar surface area (TPSA) is 80.6 Å². The molecule has 7 heteroatoms. The Morgan fingerprint density at radius 1 is 1.30 bits per heavy atom. The second-order valence-electron chi connectivity index (χ2n) is 4.78. The molecule has 0 amide bonds. The first-order valence-electron chi connectivity index (χ1n) is 6.80. The van der Waals surface area contributed by atoms with Gasteiger partial charge in [-0.1, -0.05) is 0 Å². The molecule has 0 saturated carbocycles. The molecule has 0 unspecified atom stereocenters. The fourth-order valence-corrected chi connectivity index (χ4v) is 2.61. The molecular formula is C13H24N2O4S. The summed E-state index contributed by atoms with van der Waals surface area (Å²) in [5, 5.41) is 2.86. The van der Waals surface area contributed by atoms with Crippen LogP contribution in [0.3, 0.4) is 0 Å². The maximum atomic E-state index is 11.9. The van der Waals surface area contributed by atoms with E-state index < -0.39 is 10.0 Å². The van der Waals surface area contributed by atoms with Crippen molar-refractivity contribution < 1.29 is 17.6 Å². The smallest absolute Gasteiger partial charge is 0.273 e. The van der Waals surface area contributed by atoms with Gasteiger partial charge in [0, 0.05) is 13.2 Å². The van der Waals surface area contributed by atoms with Crippen LogP contribution in [0.1, 0.15) is 32.4 Å². The highest BCUT2D eigenvalue weighted by Crippen LogP contribution is 2.13. The van der Waals surface area contributed by atoms with Gasteiger partial charge in [0.15, 0.2) is 0 Å². The Labute approximate surface area is 120 Å². The quantitative estimate of drug-likeness (QED) is 0.640. The van der Waals surface area contributed by atoms with E-state index in [1.54, 1.807) is 13.1 Å². The van der Waals surface area contributed by atoms with Crippen molar-refractivity contribution in [2.45, 2.75) is 44.4 Å². The van der Waals surface area contributed by atoms with Gasteiger partial charge in [0.2, 0.25) is 5.09 Å². The van der Waals surface area contributed by atoms with E-state index in [2.05, 4.69) is 10.0 Å². The number of rotatable bonds is 10. The summed E-state index contributed by atoms with van der Waals surface area (Å²) < 4.78 is 37.0. The van der Waals surface area contributed by atoms with E-state index in [1.807, 2.05) is 13.8 Å². The van der Waals surface area contributed by atoms with Crippen LogP contribution in [-0.2, 0) is 21.3 Å². The third-order valence-corrected chi connectivity index (χ3v) is 3.90. The standard InChI is InChI=1S/C13H24N2O4S/c1-11(2)18-9-5-4-8-15-20(16,17)13-7-6-12(19-13)10-14-3/h6-7,11,14-15H,4-5,8-10H2,1-3H3. The van der Waals surface area contributed by atoms with Gasteiger partial charge in [0.05, 0.1) is 12.6 Å². The molecule has 0 saturated heterocycles. The molecule has 0 atom stereocenters. The van der Waals surface area contributed by atoms with Crippen LogP contribution in [0.2, 0.25) is 0 Å². The number of sulfonamides is 1. The summed E-state index contributed by atoms with van der Waals surface area (Å²) in [5.74, 6) is 0.596. The Balaban J connectivity index is 2.33. The molecule has 0 fully saturated rings. The van der Waals surface area contributed by atoms with E-state index in [9.17, 15) is 8.42 Å². The highest BCUT2D eigenvalue weighted by molar-refractivity contribution is 7.89. The first-order valence-corrected chi connectivity index (χ1v) is 8.28. The molecule has 0 aliphatic heterocycles. The molecule has 0 bridgehead atoms. The third kappa shape index (κ3) is 6.04. The van der Waals surface area contributed by atoms with E-state index in [0.29, 0.717) is 25.5 Å². The first-order chi connectivity index (χ1) is 9.45. The van der Waals surface area contributed by atoms with Crippen molar-refractivity contribution in [3.8, 4) is 0 Å². The average Bonchev–Trinajstić information content (AvgIpc) is 2.83. The van der Waals surface area contributed by atoms with Gasteiger partial charge in [-0.2, -0.15) is 0 Å². The van der Waals surface area contributed by atoms with Crippen molar-refractivity contribution in [2.75, 3.05) is 20.2 Å². The molecular weight excluding hydrogens is 280 g/mol. The highest BCUT2D eigenvalue weighted by Gasteiger charge is 2.17. The lowest BCUT2D eigenvalue weighted by molar-refractivity contribution is 0.0762. The van der Waals surface area contributed by atoms with Crippen LogP contribution < -0.4 is 10.0 Å². The van der Waals surface area contributed by atoms with Crippen LogP contribution in [0.15, 0.2) is 21.6 Å². The summed E-state index contributed by atoms with van der Waals surface area (Å²) in [6.45, 7) is 5.48. The number of unbranched alkanes of at least 4 members (excludes halogenated alkanes) is 1. The van der Waals surface area contributed by atoms with Gasteiger partial charge in [0.25, 0.3) is 10.0 Å². The Morgan fingerprint density at radius 2 is 2.05 bits per heavy atom. The fourth-order valence-electron chi connectivity index (χ4n) is 1.60. The normalized spacial score (nSPS) is 12.2. The summed E-state index contributed by atoms with van der Waals surface area (Å²) in [4.78, 5) is 0. The van der Waals surface area contributed by atoms with Crippen LogP contribution in [0.5, 0.6) is 0 Å². The summed E-state index contributed by atoms with van der Waals surface area (Å²) >= 11 is 0. The van der Waals surface area contributed by atoms with Gasteiger partial charge in [-0.25, -0.2) is 13.1 Å². The highest BCUT2D eigenvalue weighted by atomic mass is 32.2. The zero-order valence-electron chi connectivity index (χ0n) is 12.3. The van der Waals surface area contributed by atoms with E-state index >= 15 is 0 Å². The molecule has 2 N–H and O–H groups in total. The zero-order valence-corrected chi connectivity index (χ0v) is 13.1. The van der Waals surface area contributed by atoms with Crippen molar-refractivity contribution in [1.82, 2.24) is 10.0 Å². The average molecular weight is 304 g/mol. The first kappa shape index (κ1) is 17.2. The van der Waals surface area contributed by atoms with Crippen molar-refractivity contribution in [1.29, 1.82) is 0 Å². The molecule has 0 aliphatic rings. The Kier molecular flexibility index (Phi) is 7.22. The monoisotopic (exact) mass is 304 g/mol. The van der Waals surface area contributed by atoms with E-state index in [0.717, 1.165) is 12.8 Å². The number of hydrogen-bond donors (Lipinski definition) is 2. The predicted octanol–water partition coefficient (Wildman–Crippen LogP) is 1.48. The van der Waals surface area contributed by atoms with E-state index in [1.165, 1.54) is 6.07 Å². The molecule has 1 rings (SSSR count). The number of hydrogen-bond acceptors (Lipinski definition) is 5. The Morgan fingerprint density at radius 3 is 2.70 bits per heavy atom. The molecule has 1 aromatic rings. The molecule has 116 valence electrons. The summed E-state index contributed by atoms with van der Waals surface area (Å²) in [6, 6.07) is 3.12. The second-order valence-corrected chi connectivity index (χ2v) is 6.47. The van der Waals surface area contributed by atoms with Crippen molar-refractivity contribution in [3.05, 3.63) is 17.9 Å². The van der Waals surface area contributed by atoms with Gasteiger partial charge in [0.1, 0.15) is 5.76 Å². The molecule has 20 heavy (non-hydrogen) atoms. The van der Waals surface area contributed by atoms with E-state index in [-0.39, 0.29) is 11.2 Å². The largest absolute Gasteiger partial charge is 0.447 e. The van der Waals surface area contributed by atoms with Crippen molar-refractivity contribution >= 4 is 10.0 Å². The maximum absolute atomic E-state index is 11.9. The molecule has 6 nitrogen and oxygen atoms in total. The maximum Gasteiger partial charge on any atom is 0.273 e. The van der Waals surface area contributed by atoms with E-state index in [4.69, 9.17) is 9.15 Å². The van der Waals surface area contributed by atoms with Gasteiger partial charge in [-0.05, 0) is 45.9 Å². The minimum absolute atomic E-state index is 0.0406. The number of nitrogens with one attached hydrogen (secondary N) is 2. The van der Waals surface area contributed by atoms with Gasteiger partial charge >= 0.3 is 0 Å². The minimum atomic E-state index is -3.55. The Hall–Kier alpha value is -0.890. The molecule has 1 aromatic heterocycles. The molecule has 0 aliphatic carbocycles. The summed E-state index contributed by atoms with van der Waals surface area (Å²) in [6.07, 6.45) is 1.76. The van der Waals surface area contributed by atoms with Gasteiger partial charge in [-0.3, -0.25) is 0 Å². The lowest BCUT2D eigenvalue weighted by Crippen LogP contribution is -2.24. The Bertz CT molecular complexity index is 482. The predicted molar refractivity (Wildman–Crippen MR) is 77.0 cm³/mol. The number of furan rings is 1. The van der Waals surface area contributed by atoms with Crippen LogP contribution in [-0.4, -0.2) is 34.7 Å². The molecule has 1 heterocycles. The summed E-state index contributed by atoms with van der Waals surface area (Å²) in [7, 11) is -1.77. The third-order valence-electron chi connectivity index (χ3n) is 2.57.